The predicted octanol–water partition coefficient (Wildman–Crippen LogP) is 5.08. The van der Waals surface area contributed by atoms with Crippen LogP contribution in [0.4, 0.5) is 4.39 Å². The Morgan fingerprint density at radius 2 is 1.55 bits per heavy atom. The Bertz CT molecular complexity index is 1010. The van der Waals surface area contributed by atoms with Crippen LogP contribution in [-0.4, -0.2) is 35.1 Å². The summed E-state index contributed by atoms with van der Waals surface area (Å²) in [5, 5.41) is 2.88. The first kappa shape index (κ1) is 24.5. The summed E-state index contributed by atoms with van der Waals surface area (Å²) in [7, 11) is 0. The second-order valence-corrected chi connectivity index (χ2v) is 8.83. The zero-order valence-corrected chi connectivity index (χ0v) is 19.6. The Balaban J connectivity index is 1.81. The fourth-order valence-corrected chi connectivity index (χ4v) is 4.41. The van der Waals surface area contributed by atoms with E-state index < -0.39 is 6.04 Å². The molecular weight excluding hydrogens is 435 g/mol. The van der Waals surface area contributed by atoms with E-state index in [0.717, 1.165) is 16.0 Å². The molecule has 33 heavy (non-hydrogen) atoms. The van der Waals surface area contributed by atoms with Gasteiger partial charge in [-0.25, -0.2) is 4.39 Å². The molecule has 4 nitrogen and oxygen atoms in total. The number of hydrogen-bond acceptors (Lipinski definition) is 3. The number of amides is 2. The fourth-order valence-electron chi connectivity index (χ4n) is 3.55. The molecule has 3 aromatic carbocycles. The van der Waals surface area contributed by atoms with Gasteiger partial charge >= 0.3 is 0 Å². The molecule has 2 amide bonds. The van der Waals surface area contributed by atoms with Crippen LogP contribution in [0.2, 0.25) is 0 Å². The average molecular weight is 465 g/mol. The molecule has 0 aliphatic carbocycles. The van der Waals surface area contributed by atoms with Gasteiger partial charge in [0.25, 0.3) is 0 Å². The molecule has 0 heterocycles. The van der Waals surface area contributed by atoms with Crippen molar-refractivity contribution >= 4 is 23.6 Å². The maximum atomic E-state index is 13.4. The molecule has 3 rings (SSSR count). The van der Waals surface area contributed by atoms with Crippen LogP contribution in [0.15, 0.2) is 89.8 Å². The Hall–Kier alpha value is -3.12. The Morgan fingerprint density at radius 3 is 2.18 bits per heavy atom. The second-order valence-electron chi connectivity index (χ2n) is 7.66. The molecule has 172 valence electrons. The third kappa shape index (κ3) is 7.75. The summed E-state index contributed by atoms with van der Waals surface area (Å²) in [6.07, 6.45) is 0.705. The van der Waals surface area contributed by atoms with Gasteiger partial charge in [-0.1, -0.05) is 60.7 Å². The van der Waals surface area contributed by atoms with Crippen molar-refractivity contribution in [1.29, 1.82) is 0 Å². The molecule has 0 aliphatic heterocycles. The van der Waals surface area contributed by atoms with E-state index in [1.165, 1.54) is 12.1 Å². The number of halogens is 1. The van der Waals surface area contributed by atoms with Crippen molar-refractivity contribution in [2.24, 2.45) is 0 Å². The lowest BCUT2D eigenvalue weighted by Gasteiger charge is -2.31. The smallest absolute Gasteiger partial charge is 0.243 e. The van der Waals surface area contributed by atoms with Gasteiger partial charge in [-0.2, -0.15) is 0 Å². The fraction of sp³-hybridized carbons (Fsp3) is 0.259. The third-order valence-electron chi connectivity index (χ3n) is 5.22. The van der Waals surface area contributed by atoms with Crippen LogP contribution in [0, 0.1) is 5.82 Å². The molecule has 1 atom stereocenters. The Labute approximate surface area is 199 Å². The lowest BCUT2D eigenvalue weighted by molar-refractivity contribution is -0.140. The highest BCUT2D eigenvalue weighted by Gasteiger charge is 2.29. The van der Waals surface area contributed by atoms with Crippen molar-refractivity contribution < 1.29 is 14.0 Å². The van der Waals surface area contributed by atoms with Crippen LogP contribution in [0.1, 0.15) is 24.5 Å². The first-order chi connectivity index (χ1) is 16.1. The van der Waals surface area contributed by atoms with Crippen LogP contribution in [0.3, 0.4) is 0 Å². The van der Waals surface area contributed by atoms with Crippen molar-refractivity contribution in [3.63, 3.8) is 0 Å². The first-order valence-electron chi connectivity index (χ1n) is 11.1. The zero-order chi connectivity index (χ0) is 23.5. The number of rotatable bonds is 11. The maximum absolute atomic E-state index is 13.4. The minimum absolute atomic E-state index is 0.102. The molecule has 1 N–H and O–H groups in total. The van der Waals surface area contributed by atoms with Gasteiger partial charge in [0.05, 0.1) is 0 Å². The average Bonchev–Trinajstić information content (AvgIpc) is 2.84. The number of thioether (sulfide) groups is 1. The van der Waals surface area contributed by atoms with E-state index in [2.05, 4.69) is 5.32 Å². The second kappa shape index (κ2) is 12.8. The summed E-state index contributed by atoms with van der Waals surface area (Å²) in [6.45, 7) is 2.58. The van der Waals surface area contributed by atoms with Gasteiger partial charge < -0.3 is 10.2 Å². The van der Waals surface area contributed by atoms with Crippen molar-refractivity contribution in [2.45, 2.75) is 37.2 Å². The van der Waals surface area contributed by atoms with Crippen molar-refractivity contribution in [3.05, 3.63) is 102 Å². The third-order valence-corrected chi connectivity index (χ3v) is 6.23. The molecule has 0 spiro atoms. The Kier molecular flexibility index (Phi) is 9.51. The monoisotopic (exact) mass is 464 g/mol. The molecule has 0 unspecified atom stereocenters. The van der Waals surface area contributed by atoms with E-state index >= 15 is 0 Å². The highest BCUT2D eigenvalue weighted by molar-refractivity contribution is 7.99. The quantitative estimate of drug-likeness (QED) is 0.403. The summed E-state index contributed by atoms with van der Waals surface area (Å²) in [6, 6.07) is 25.0. The lowest BCUT2D eigenvalue weighted by atomic mass is 10.0. The van der Waals surface area contributed by atoms with E-state index in [0.29, 0.717) is 25.1 Å². The largest absolute Gasteiger partial charge is 0.355 e. The molecule has 0 saturated heterocycles. The number of hydrogen-bond donors (Lipinski definition) is 1. The lowest BCUT2D eigenvalue weighted by Crippen LogP contribution is -2.50. The van der Waals surface area contributed by atoms with Crippen LogP contribution in [0.5, 0.6) is 0 Å². The van der Waals surface area contributed by atoms with Crippen LogP contribution < -0.4 is 5.32 Å². The summed E-state index contributed by atoms with van der Waals surface area (Å²) >= 11 is 1.61. The summed E-state index contributed by atoms with van der Waals surface area (Å²) in [5.41, 5.74) is 1.76. The molecule has 0 saturated carbocycles. The van der Waals surface area contributed by atoms with Crippen LogP contribution >= 0.6 is 11.8 Å². The molecule has 0 aromatic heterocycles. The molecule has 0 aliphatic rings. The Morgan fingerprint density at radius 1 is 0.909 bits per heavy atom. The van der Waals surface area contributed by atoms with Gasteiger partial charge in [0.2, 0.25) is 11.8 Å². The van der Waals surface area contributed by atoms with Gasteiger partial charge in [-0.05, 0) is 42.3 Å². The first-order valence-corrected chi connectivity index (χ1v) is 12.1. The van der Waals surface area contributed by atoms with Crippen molar-refractivity contribution in [1.82, 2.24) is 10.2 Å². The summed E-state index contributed by atoms with van der Waals surface area (Å²) in [5.74, 6) is -0.0149. The van der Waals surface area contributed by atoms with Gasteiger partial charge in [-0.15, -0.1) is 11.8 Å². The number of likely N-dealkylation sites (N-methyl/N-ethyl adjacent to an activating group) is 1. The van der Waals surface area contributed by atoms with Gasteiger partial charge in [0, 0.05) is 36.6 Å². The highest BCUT2D eigenvalue weighted by atomic mass is 32.2. The molecule has 0 fully saturated rings. The van der Waals surface area contributed by atoms with Crippen LogP contribution in [-0.2, 0) is 22.6 Å². The van der Waals surface area contributed by atoms with E-state index in [1.54, 1.807) is 28.8 Å². The number of nitrogens with one attached hydrogen (secondary N) is 1. The zero-order valence-electron chi connectivity index (χ0n) is 18.7. The number of benzene rings is 3. The minimum Gasteiger partial charge on any atom is -0.355 e. The molecule has 6 heteroatoms. The summed E-state index contributed by atoms with van der Waals surface area (Å²) < 4.78 is 13.4. The normalized spacial score (nSPS) is 11.6. The van der Waals surface area contributed by atoms with Crippen molar-refractivity contribution in [2.75, 3.05) is 12.3 Å². The molecule has 0 bridgehead atoms. The predicted molar refractivity (Wildman–Crippen MR) is 131 cm³/mol. The minimum atomic E-state index is -0.661. The number of nitrogens with zero attached hydrogens (tertiary/aromatic N) is 1. The SMILES string of the molecule is CCNC(=O)[C@@H](Cc1ccccc1)N(Cc1ccc(F)cc1)C(=O)CCSc1ccccc1. The number of carbonyl (C=O) groups excluding carboxylic acids is 2. The van der Waals surface area contributed by atoms with E-state index in [9.17, 15) is 14.0 Å². The van der Waals surface area contributed by atoms with Crippen molar-refractivity contribution in [3.8, 4) is 0 Å². The molecule has 0 radical (unpaired) electrons. The maximum Gasteiger partial charge on any atom is 0.243 e. The molecule has 3 aromatic rings. The summed E-state index contributed by atoms with van der Waals surface area (Å²) in [4.78, 5) is 29.2. The molecular formula is C27H29FN2O2S. The highest BCUT2D eigenvalue weighted by Crippen LogP contribution is 2.21. The topological polar surface area (TPSA) is 49.4 Å². The van der Waals surface area contributed by atoms with Gasteiger partial charge in [0.1, 0.15) is 11.9 Å². The van der Waals surface area contributed by atoms with Gasteiger partial charge in [0.15, 0.2) is 0 Å². The van der Waals surface area contributed by atoms with Gasteiger partial charge in [-0.3, -0.25) is 9.59 Å². The van der Waals surface area contributed by atoms with E-state index in [-0.39, 0.29) is 24.2 Å². The van der Waals surface area contributed by atoms with E-state index in [4.69, 9.17) is 0 Å². The van der Waals surface area contributed by atoms with E-state index in [1.807, 2.05) is 67.6 Å². The van der Waals surface area contributed by atoms with Crippen LogP contribution in [0.25, 0.3) is 0 Å². The standard InChI is InChI=1S/C27H29FN2O2S/c1-2-29-27(32)25(19-21-9-5-3-6-10-21)30(20-22-13-15-23(28)16-14-22)26(31)17-18-33-24-11-7-4-8-12-24/h3-16,25H,2,17-20H2,1H3,(H,29,32)/t25-/m1/s1. The number of carbonyl (C=O) groups is 2.